The average molecular weight is 574 g/mol. The van der Waals surface area contributed by atoms with Crippen molar-refractivity contribution in [3.63, 3.8) is 0 Å². The molecule has 3 N–H and O–H groups in total. The summed E-state index contributed by atoms with van der Waals surface area (Å²) in [5.41, 5.74) is 4.70. The second-order valence-corrected chi connectivity index (χ2v) is 12.4. The summed E-state index contributed by atoms with van der Waals surface area (Å²) in [7, 11) is -4.16. The highest BCUT2D eigenvalue weighted by Gasteiger charge is 2.46. The van der Waals surface area contributed by atoms with E-state index in [0.29, 0.717) is 12.8 Å². The molecule has 4 atom stereocenters. The van der Waals surface area contributed by atoms with E-state index in [2.05, 4.69) is 4.98 Å². The van der Waals surface area contributed by atoms with Gasteiger partial charge in [0.25, 0.3) is 0 Å². The molecule has 1 saturated heterocycles. The molecule has 1 aromatic heterocycles. The van der Waals surface area contributed by atoms with E-state index in [9.17, 15) is 28.4 Å². The Bertz CT molecular complexity index is 944. The van der Waals surface area contributed by atoms with Crippen LogP contribution in [0.1, 0.15) is 32.1 Å². The minimum atomic E-state index is -4.16. The molecule has 1 fully saturated rings. The lowest BCUT2D eigenvalue weighted by atomic mass is 10.1. The number of halogens is 1. The van der Waals surface area contributed by atoms with Gasteiger partial charge < -0.3 is 10.8 Å². The lowest BCUT2D eigenvalue weighted by Crippen LogP contribution is -2.33. The highest BCUT2D eigenvalue weighted by Crippen LogP contribution is 2.52. The van der Waals surface area contributed by atoms with Gasteiger partial charge in [-0.1, -0.05) is 37.4 Å². The van der Waals surface area contributed by atoms with Crippen molar-refractivity contribution in [2.75, 3.05) is 37.1 Å². The highest BCUT2D eigenvalue weighted by atomic mass is 32.2. The van der Waals surface area contributed by atoms with Crippen LogP contribution < -0.4 is 11.4 Å². The van der Waals surface area contributed by atoms with Crippen molar-refractivity contribution in [1.29, 1.82) is 0 Å². The third kappa shape index (κ3) is 9.47. The number of nitrogens with two attached hydrogens (primary N) is 1. The van der Waals surface area contributed by atoms with Crippen molar-refractivity contribution >= 4 is 59.2 Å². The molecule has 0 spiro atoms. The van der Waals surface area contributed by atoms with Crippen LogP contribution in [0.4, 0.5) is 10.2 Å². The summed E-state index contributed by atoms with van der Waals surface area (Å²) < 4.78 is 44.9. The van der Waals surface area contributed by atoms with Crippen molar-refractivity contribution in [1.82, 2.24) is 9.55 Å². The highest BCUT2D eigenvalue weighted by molar-refractivity contribution is 8.13. The lowest BCUT2D eigenvalue weighted by Gasteiger charge is -2.21. The van der Waals surface area contributed by atoms with Crippen molar-refractivity contribution < 1.29 is 37.2 Å². The molecule has 11 nitrogen and oxygen atoms in total. The maximum atomic E-state index is 14.8. The second kappa shape index (κ2) is 14.7. The summed E-state index contributed by atoms with van der Waals surface area (Å²) >= 11 is 2.94. The minimum Gasteiger partial charge on any atom is -0.389 e. The lowest BCUT2D eigenvalue weighted by molar-refractivity contribution is -0.111. The van der Waals surface area contributed by atoms with Gasteiger partial charge in [-0.25, -0.2) is 13.8 Å². The van der Waals surface area contributed by atoms with Crippen LogP contribution in [0.5, 0.6) is 0 Å². The Labute approximate surface area is 215 Å². The second-order valence-electron chi connectivity index (χ2n) is 7.10. The first-order valence-electron chi connectivity index (χ1n) is 10.8. The van der Waals surface area contributed by atoms with E-state index in [1.165, 1.54) is 12.3 Å². The van der Waals surface area contributed by atoms with Gasteiger partial charge in [0.2, 0.25) is 0 Å². The number of phosphoric ester groups is 1. The van der Waals surface area contributed by atoms with Crippen molar-refractivity contribution in [3.8, 4) is 0 Å². The van der Waals surface area contributed by atoms with Gasteiger partial charge in [-0.3, -0.25) is 27.7 Å². The van der Waals surface area contributed by atoms with Gasteiger partial charge >= 0.3 is 13.5 Å². The molecule has 1 aromatic rings. The van der Waals surface area contributed by atoms with Crippen LogP contribution in [0, 0.1) is 0 Å². The van der Waals surface area contributed by atoms with Crippen LogP contribution in [0.15, 0.2) is 17.1 Å². The summed E-state index contributed by atoms with van der Waals surface area (Å²) in [4.78, 5) is 38.5. The quantitative estimate of drug-likeness (QED) is 0.247. The fourth-order valence-corrected chi connectivity index (χ4v) is 6.93. The first-order chi connectivity index (χ1) is 16.6. The zero-order valence-electron chi connectivity index (χ0n) is 19.2. The molecule has 0 aliphatic carbocycles. The largest absolute Gasteiger partial charge is 0.474 e. The van der Waals surface area contributed by atoms with Crippen LogP contribution in [0.3, 0.4) is 0 Å². The molecule has 2 rings (SSSR count). The van der Waals surface area contributed by atoms with Crippen LogP contribution >= 0.6 is 43.1 Å². The molecule has 1 aliphatic heterocycles. The molecule has 0 amide bonds. The number of carbonyl (C=O) groups excluding carboxylic acids is 2. The summed E-state index contributed by atoms with van der Waals surface area (Å²) in [6.07, 6.45) is -1.39. The topological polar surface area (TPSA) is 160 Å². The van der Waals surface area contributed by atoms with E-state index in [0.717, 1.165) is 39.9 Å². The minimum absolute atomic E-state index is 0.0158. The van der Waals surface area contributed by atoms with E-state index < -0.39 is 43.0 Å². The van der Waals surface area contributed by atoms with E-state index >= 15 is 0 Å². The Balaban J connectivity index is 2.00. The maximum absolute atomic E-state index is 14.8. The van der Waals surface area contributed by atoms with E-state index in [1.807, 2.05) is 0 Å². The molecule has 35 heavy (non-hydrogen) atoms. The number of hydrogen-bond acceptors (Lipinski definition) is 13. The monoisotopic (exact) mass is 573 g/mol. The molecule has 1 aliphatic rings. The van der Waals surface area contributed by atoms with Gasteiger partial charge in [-0.15, -0.1) is 11.8 Å². The summed E-state index contributed by atoms with van der Waals surface area (Å²) in [6.45, 7) is 2.80. The van der Waals surface area contributed by atoms with Crippen LogP contribution in [-0.4, -0.2) is 73.7 Å². The van der Waals surface area contributed by atoms with Crippen molar-refractivity contribution in [2.24, 2.45) is 0 Å². The fourth-order valence-electron chi connectivity index (χ4n) is 2.77. The molecule has 0 bridgehead atoms. The zero-order valence-corrected chi connectivity index (χ0v) is 22.6. The number of hydrogen-bond donors (Lipinski definition) is 2. The van der Waals surface area contributed by atoms with Gasteiger partial charge in [-0.05, 0) is 6.07 Å². The molecular weight excluding hydrogens is 544 g/mol. The SMILES string of the molecule is CCC(=O)SCCOP(=O)(OCCSC(=O)CC)OC[C@H]1S[C@@H](n2ccc(N)nc2=O)[C@@H](F)[C@@H]1O. The standard InChI is InChI=1S/C19H29FN3O8PS3/c1-3-14(24)33-9-7-29-32(28,30-8-10-34-15(25)4-2)31-11-12-17(26)16(20)18(35-12)23-6-5-13(21)22-19(23)27/h5-6,12,16-18,26H,3-4,7-11H2,1-2H3,(H2,21,22,27)/t12-,16+,17-,18-/m1/s1. The average Bonchev–Trinajstić information content (AvgIpc) is 3.11. The predicted octanol–water partition coefficient (Wildman–Crippen LogP) is 2.64. The number of alkyl halides is 1. The molecule has 198 valence electrons. The molecule has 0 radical (unpaired) electrons. The molecule has 0 aromatic carbocycles. The van der Waals surface area contributed by atoms with Crippen LogP contribution in [-0.2, 0) is 27.7 Å². The van der Waals surface area contributed by atoms with E-state index in [4.69, 9.17) is 19.3 Å². The first-order valence-corrected chi connectivity index (χ1v) is 15.1. The number of aliphatic hydroxyl groups is 1. The number of aromatic nitrogens is 2. The third-order valence-corrected chi connectivity index (χ3v) is 9.54. The fraction of sp³-hybridized carbons (Fsp3) is 0.684. The molecule has 0 unspecified atom stereocenters. The number of thioether (sulfide) groups is 3. The van der Waals surface area contributed by atoms with E-state index in [-0.39, 0.29) is 40.8 Å². The molecule has 16 heteroatoms. The number of nitrogens with zero attached hydrogens (tertiary/aromatic N) is 2. The summed E-state index contributed by atoms with van der Waals surface area (Å²) in [6, 6.07) is 1.34. The normalized spacial score (nSPS) is 22.4. The molecule has 0 saturated carbocycles. The Morgan fingerprint density at radius 2 is 1.77 bits per heavy atom. The zero-order chi connectivity index (χ0) is 26.0. The van der Waals surface area contributed by atoms with Crippen molar-refractivity contribution in [2.45, 2.75) is 49.6 Å². The van der Waals surface area contributed by atoms with Gasteiger partial charge in [-0.2, -0.15) is 4.98 Å². The number of anilines is 1. The number of rotatable bonds is 14. The van der Waals surface area contributed by atoms with Gasteiger partial charge in [0.05, 0.1) is 25.1 Å². The van der Waals surface area contributed by atoms with Crippen LogP contribution in [0.25, 0.3) is 0 Å². The first kappa shape index (κ1) is 30.3. The smallest absolute Gasteiger partial charge is 0.389 e. The Kier molecular flexibility index (Phi) is 12.7. The third-order valence-electron chi connectivity index (χ3n) is 4.59. The molecular formula is C19H29FN3O8PS3. The number of carbonyl (C=O) groups is 2. The maximum Gasteiger partial charge on any atom is 0.474 e. The van der Waals surface area contributed by atoms with Gasteiger partial charge in [0, 0.05) is 30.5 Å². The summed E-state index contributed by atoms with van der Waals surface area (Å²) in [5, 5.41) is 8.25. The number of nitrogen functional groups attached to an aromatic ring is 1. The van der Waals surface area contributed by atoms with Crippen molar-refractivity contribution in [3.05, 3.63) is 22.7 Å². The van der Waals surface area contributed by atoms with Gasteiger partial charge in [0.1, 0.15) is 17.3 Å². The van der Waals surface area contributed by atoms with E-state index in [1.54, 1.807) is 13.8 Å². The Morgan fingerprint density at radius 1 is 1.20 bits per heavy atom. The van der Waals surface area contributed by atoms with Crippen LogP contribution in [0.2, 0.25) is 0 Å². The number of phosphoric acid groups is 1. The predicted molar refractivity (Wildman–Crippen MR) is 135 cm³/mol. The summed E-state index contributed by atoms with van der Waals surface area (Å²) in [5.74, 6) is 0.419. The number of aliphatic hydroxyl groups excluding tert-OH is 1. The van der Waals surface area contributed by atoms with Gasteiger partial charge in [0.15, 0.2) is 16.4 Å². The Hall–Kier alpha value is -0.930. The molecule has 2 heterocycles. The Morgan fingerprint density at radius 3 is 2.29 bits per heavy atom.